The van der Waals surface area contributed by atoms with Crippen LogP contribution in [0, 0.1) is 0 Å². The third-order valence-electron chi connectivity index (χ3n) is 2.91. The van der Waals surface area contributed by atoms with E-state index in [2.05, 4.69) is 10.3 Å². The van der Waals surface area contributed by atoms with Gasteiger partial charge in [0.05, 0.1) is 19.0 Å². The molecule has 0 aliphatic carbocycles. The minimum absolute atomic E-state index is 0.201. The molecule has 0 aliphatic heterocycles. The van der Waals surface area contributed by atoms with Gasteiger partial charge >= 0.3 is 0 Å². The maximum absolute atomic E-state index is 12.2. The molecule has 2 aromatic rings. The second kappa shape index (κ2) is 7.28. The molecule has 5 heteroatoms. The fraction of sp³-hybridized carbons (Fsp3) is 0.250. The Morgan fingerprint density at radius 1 is 1.29 bits per heavy atom. The summed E-state index contributed by atoms with van der Waals surface area (Å²) in [5.74, 6) is 1.09. The van der Waals surface area contributed by atoms with E-state index in [4.69, 9.17) is 9.47 Å². The zero-order valence-electron chi connectivity index (χ0n) is 12.1. The molecule has 1 amide bonds. The van der Waals surface area contributed by atoms with Gasteiger partial charge < -0.3 is 14.8 Å². The quantitative estimate of drug-likeness (QED) is 0.887. The van der Waals surface area contributed by atoms with Crippen molar-refractivity contribution >= 4 is 11.6 Å². The monoisotopic (exact) mass is 286 g/mol. The van der Waals surface area contributed by atoms with E-state index in [0.717, 1.165) is 0 Å². The number of ether oxygens (including phenoxy) is 2. The van der Waals surface area contributed by atoms with Crippen molar-refractivity contribution in [3.05, 3.63) is 48.8 Å². The summed E-state index contributed by atoms with van der Waals surface area (Å²) in [6.45, 7) is 1.90. The van der Waals surface area contributed by atoms with Crippen LogP contribution in [0.3, 0.4) is 0 Å². The molecule has 0 saturated heterocycles. The molecule has 0 saturated carbocycles. The fourth-order valence-electron chi connectivity index (χ4n) is 1.82. The van der Waals surface area contributed by atoms with Crippen molar-refractivity contribution in [2.24, 2.45) is 0 Å². The summed E-state index contributed by atoms with van der Waals surface area (Å²) < 4.78 is 10.9. The largest absolute Gasteiger partial charge is 0.497 e. The molecule has 1 heterocycles. The molecule has 110 valence electrons. The van der Waals surface area contributed by atoms with Gasteiger partial charge in [0.25, 0.3) is 5.91 Å². The zero-order chi connectivity index (χ0) is 15.1. The number of carbonyl (C=O) groups is 1. The third-order valence-corrected chi connectivity index (χ3v) is 2.91. The maximum atomic E-state index is 12.2. The summed E-state index contributed by atoms with van der Waals surface area (Å²) in [5.41, 5.74) is 0.648. The van der Waals surface area contributed by atoms with E-state index in [1.807, 2.05) is 19.1 Å². The predicted molar refractivity (Wildman–Crippen MR) is 80.6 cm³/mol. The summed E-state index contributed by atoms with van der Waals surface area (Å²) in [4.78, 5) is 16.2. The highest BCUT2D eigenvalue weighted by Crippen LogP contribution is 2.21. The van der Waals surface area contributed by atoms with Crippen LogP contribution in [0.25, 0.3) is 0 Å². The lowest BCUT2D eigenvalue weighted by atomic mass is 10.2. The zero-order valence-corrected chi connectivity index (χ0v) is 12.1. The molecule has 0 radical (unpaired) electrons. The molecule has 1 atom stereocenters. The standard InChI is InChI=1S/C16H18N2O3/c1-3-15(16(19)18-12-6-5-9-17-11-12)21-14-8-4-7-13(10-14)20-2/h4-11,15H,3H2,1-2H3,(H,18,19). The van der Waals surface area contributed by atoms with Crippen LogP contribution in [0.5, 0.6) is 11.5 Å². The average Bonchev–Trinajstić information content (AvgIpc) is 2.53. The van der Waals surface area contributed by atoms with Gasteiger partial charge in [0.2, 0.25) is 0 Å². The van der Waals surface area contributed by atoms with Gasteiger partial charge in [0.15, 0.2) is 6.10 Å². The number of benzene rings is 1. The number of hydrogen-bond donors (Lipinski definition) is 1. The van der Waals surface area contributed by atoms with Gasteiger partial charge in [-0.25, -0.2) is 0 Å². The van der Waals surface area contributed by atoms with Gasteiger partial charge in [0, 0.05) is 12.3 Å². The molecule has 21 heavy (non-hydrogen) atoms. The number of amides is 1. The number of aromatic nitrogens is 1. The van der Waals surface area contributed by atoms with Gasteiger partial charge in [-0.2, -0.15) is 0 Å². The summed E-state index contributed by atoms with van der Waals surface area (Å²) in [5, 5.41) is 2.78. The Balaban J connectivity index is 2.03. The topological polar surface area (TPSA) is 60.5 Å². The Bertz CT molecular complexity index is 587. The molecule has 0 aliphatic rings. The van der Waals surface area contributed by atoms with Gasteiger partial charge in [-0.15, -0.1) is 0 Å². The normalized spacial score (nSPS) is 11.5. The lowest BCUT2D eigenvalue weighted by Crippen LogP contribution is -2.32. The number of nitrogens with zero attached hydrogens (tertiary/aromatic N) is 1. The Kier molecular flexibility index (Phi) is 5.15. The molecule has 1 N–H and O–H groups in total. The predicted octanol–water partition coefficient (Wildman–Crippen LogP) is 2.89. The van der Waals surface area contributed by atoms with Crippen LogP contribution in [0.2, 0.25) is 0 Å². The molecule has 1 aromatic heterocycles. The third kappa shape index (κ3) is 4.21. The summed E-state index contributed by atoms with van der Waals surface area (Å²) in [6, 6.07) is 10.7. The van der Waals surface area contributed by atoms with Crippen LogP contribution in [0.15, 0.2) is 48.8 Å². The van der Waals surface area contributed by atoms with E-state index < -0.39 is 6.10 Å². The van der Waals surface area contributed by atoms with E-state index in [0.29, 0.717) is 23.6 Å². The SMILES string of the molecule is CCC(Oc1cccc(OC)c1)C(=O)Nc1cccnc1. The van der Waals surface area contributed by atoms with Crippen molar-refractivity contribution in [2.45, 2.75) is 19.4 Å². The molecule has 0 bridgehead atoms. The van der Waals surface area contributed by atoms with E-state index in [-0.39, 0.29) is 5.91 Å². The van der Waals surface area contributed by atoms with Crippen LogP contribution in [-0.2, 0) is 4.79 Å². The molecule has 5 nitrogen and oxygen atoms in total. The highest BCUT2D eigenvalue weighted by molar-refractivity contribution is 5.94. The van der Waals surface area contributed by atoms with Crippen molar-refractivity contribution in [1.82, 2.24) is 4.98 Å². The number of nitrogens with one attached hydrogen (secondary N) is 1. The van der Waals surface area contributed by atoms with Gasteiger partial charge in [-0.05, 0) is 30.7 Å². The first-order chi connectivity index (χ1) is 10.2. The lowest BCUT2D eigenvalue weighted by molar-refractivity contribution is -0.122. The van der Waals surface area contributed by atoms with Crippen molar-refractivity contribution in [3.8, 4) is 11.5 Å². The number of anilines is 1. The molecule has 0 spiro atoms. The van der Waals surface area contributed by atoms with E-state index in [9.17, 15) is 4.79 Å². The summed E-state index contributed by atoms with van der Waals surface area (Å²) >= 11 is 0. The van der Waals surface area contributed by atoms with Crippen molar-refractivity contribution in [3.63, 3.8) is 0 Å². The fourth-order valence-corrected chi connectivity index (χ4v) is 1.82. The van der Waals surface area contributed by atoms with Crippen molar-refractivity contribution in [2.75, 3.05) is 12.4 Å². The Morgan fingerprint density at radius 3 is 2.76 bits per heavy atom. The van der Waals surface area contributed by atoms with Crippen molar-refractivity contribution in [1.29, 1.82) is 0 Å². The molecule has 1 unspecified atom stereocenters. The Morgan fingerprint density at radius 2 is 2.10 bits per heavy atom. The number of carbonyl (C=O) groups excluding carboxylic acids is 1. The molecular formula is C16H18N2O3. The number of hydrogen-bond acceptors (Lipinski definition) is 4. The van der Waals surface area contributed by atoms with Crippen molar-refractivity contribution < 1.29 is 14.3 Å². The van der Waals surface area contributed by atoms with E-state index in [1.54, 1.807) is 43.8 Å². The Hall–Kier alpha value is -2.56. The number of methoxy groups -OCH3 is 1. The van der Waals surface area contributed by atoms with Crippen LogP contribution in [-0.4, -0.2) is 24.1 Å². The molecular weight excluding hydrogens is 268 g/mol. The van der Waals surface area contributed by atoms with Crippen LogP contribution >= 0.6 is 0 Å². The van der Waals surface area contributed by atoms with Crippen LogP contribution in [0.1, 0.15) is 13.3 Å². The highest BCUT2D eigenvalue weighted by atomic mass is 16.5. The maximum Gasteiger partial charge on any atom is 0.265 e. The summed E-state index contributed by atoms with van der Waals surface area (Å²) in [7, 11) is 1.59. The number of pyridine rings is 1. The second-order valence-corrected chi connectivity index (χ2v) is 4.42. The summed E-state index contributed by atoms with van der Waals surface area (Å²) in [6.07, 6.45) is 3.23. The lowest BCUT2D eigenvalue weighted by Gasteiger charge is -2.17. The highest BCUT2D eigenvalue weighted by Gasteiger charge is 2.18. The van der Waals surface area contributed by atoms with Crippen LogP contribution in [0.4, 0.5) is 5.69 Å². The van der Waals surface area contributed by atoms with E-state index in [1.165, 1.54) is 0 Å². The molecule has 1 aromatic carbocycles. The van der Waals surface area contributed by atoms with Gasteiger partial charge in [0.1, 0.15) is 11.5 Å². The first-order valence-electron chi connectivity index (χ1n) is 6.74. The van der Waals surface area contributed by atoms with Crippen LogP contribution < -0.4 is 14.8 Å². The second-order valence-electron chi connectivity index (χ2n) is 4.42. The van der Waals surface area contributed by atoms with E-state index >= 15 is 0 Å². The molecule has 0 fully saturated rings. The van der Waals surface area contributed by atoms with Gasteiger partial charge in [-0.3, -0.25) is 9.78 Å². The first-order valence-corrected chi connectivity index (χ1v) is 6.74. The smallest absolute Gasteiger partial charge is 0.265 e. The first kappa shape index (κ1) is 14.8. The Labute approximate surface area is 123 Å². The average molecular weight is 286 g/mol. The minimum atomic E-state index is -0.572. The minimum Gasteiger partial charge on any atom is -0.497 e. The number of rotatable bonds is 6. The van der Waals surface area contributed by atoms with Gasteiger partial charge in [-0.1, -0.05) is 13.0 Å². The molecule has 2 rings (SSSR count).